The van der Waals surface area contributed by atoms with Crippen LogP contribution in [0.3, 0.4) is 0 Å². The van der Waals surface area contributed by atoms with Gasteiger partial charge < -0.3 is 5.11 Å². The molecule has 0 bridgehead atoms. The summed E-state index contributed by atoms with van der Waals surface area (Å²) in [5.74, 6) is -0.211. The summed E-state index contributed by atoms with van der Waals surface area (Å²) in [5.41, 5.74) is 0.0891. The first kappa shape index (κ1) is 7.58. The van der Waals surface area contributed by atoms with Crippen LogP contribution in [-0.4, -0.2) is 11.1 Å². The van der Waals surface area contributed by atoms with Crippen molar-refractivity contribution in [1.82, 2.24) is 0 Å². The Morgan fingerprint density at radius 2 is 2.20 bits per heavy atom. The molecule has 1 rings (SSSR count). The Balaban J connectivity index is 2.56. The Morgan fingerprint density at radius 1 is 1.70 bits per heavy atom. The molecule has 0 aromatic rings. The number of carboxylic acids is 1. The molecule has 1 aliphatic rings. The standard InChI is InChI=1S/C8H14O2/c1-5(2)8(3)4-6(8)7(9)10/h5-6H,4H2,1-3H3,(H,9,10)/t6-,8+/m0/s1. The van der Waals surface area contributed by atoms with Crippen LogP contribution in [0.1, 0.15) is 27.2 Å². The normalized spacial score (nSPS) is 38.2. The maximum Gasteiger partial charge on any atom is 0.307 e. The summed E-state index contributed by atoms with van der Waals surface area (Å²) in [7, 11) is 0. The van der Waals surface area contributed by atoms with Crippen LogP contribution >= 0.6 is 0 Å². The molecule has 1 N–H and O–H groups in total. The summed E-state index contributed by atoms with van der Waals surface area (Å²) in [6.45, 7) is 6.22. The fourth-order valence-corrected chi connectivity index (χ4v) is 1.39. The molecule has 0 aliphatic heterocycles. The lowest BCUT2D eigenvalue weighted by atomic mass is 9.92. The molecule has 0 aromatic carbocycles. The van der Waals surface area contributed by atoms with Gasteiger partial charge in [-0.15, -0.1) is 0 Å². The van der Waals surface area contributed by atoms with Gasteiger partial charge >= 0.3 is 5.97 Å². The first-order valence-electron chi connectivity index (χ1n) is 3.71. The number of hydrogen-bond donors (Lipinski definition) is 1. The van der Waals surface area contributed by atoms with Gasteiger partial charge in [-0.2, -0.15) is 0 Å². The first-order valence-corrected chi connectivity index (χ1v) is 3.71. The Bertz CT molecular complexity index is 163. The molecule has 0 spiro atoms. The second-order valence-electron chi connectivity index (χ2n) is 3.76. The van der Waals surface area contributed by atoms with E-state index in [2.05, 4.69) is 20.8 Å². The highest BCUT2D eigenvalue weighted by atomic mass is 16.4. The van der Waals surface area contributed by atoms with Crippen molar-refractivity contribution < 1.29 is 9.90 Å². The molecule has 0 radical (unpaired) electrons. The Labute approximate surface area is 61.2 Å². The zero-order chi connectivity index (χ0) is 7.94. The van der Waals surface area contributed by atoms with Crippen LogP contribution in [0.4, 0.5) is 0 Å². The minimum absolute atomic E-state index is 0.0764. The molecule has 0 saturated heterocycles. The van der Waals surface area contributed by atoms with Gasteiger partial charge in [-0.25, -0.2) is 0 Å². The van der Waals surface area contributed by atoms with E-state index in [9.17, 15) is 4.79 Å². The molecule has 1 fully saturated rings. The number of rotatable bonds is 2. The summed E-state index contributed by atoms with van der Waals surface area (Å²) >= 11 is 0. The number of aliphatic carboxylic acids is 1. The third-order valence-corrected chi connectivity index (χ3v) is 2.90. The van der Waals surface area contributed by atoms with Crippen molar-refractivity contribution in [3.63, 3.8) is 0 Å². The van der Waals surface area contributed by atoms with E-state index >= 15 is 0 Å². The predicted octanol–water partition coefficient (Wildman–Crippen LogP) is 1.75. The van der Waals surface area contributed by atoms with Crippen molar-refractivity contribution in [3.05, 3.63) is 0 Å². The lowest BCUT2D eigenvalue weighted by Crippen LogP contribution is -2.12. The van der Waals surface area contributed by atoms with Gasteiger partial charge in [0.15, 0.2) is 0 Å². The lowest BCUT2D eigenvalue weighted by molar-refractivity contribution is -0.139. The van der Waals surface area contributed by atoms with Gasteiger partial charge in [0.1, 0.15) is 0 Å². The van der Waals surface area contributed by atoms with Gasteiger partial charge in [0.05, 0.1) is 5.92 Å². The van der Waals surface area contributed by atoms with Gasteiger partial charge in [0, 0.05) is 0 Å². The zero-order valence-corrected chi connectivity index (χ0v) is 6.72. The van der Waals surface area contributed by atoms with Crippen molar-refractivity contribution in [2.24, 2.45) is 17.3 Å². The highest BCUT2D eigenvalue weighted by Gasteiger charge is 2.56. The monoisotopic (exact) mass is 142 g/mol. The van der Waals surface area contributed by atoms with E-state index in [1.165, 1.54) is 0 Å². The van der Waals surface area contributed by atoms with Crippen LogP contribution in [0.5, 0.6) is 0 Å². The molecule has 0 heterocycles. The van der Waals surface area contributed by atoms with Crippen LogP contribution in [0, 0.1) is 17.3 Å². The predicted molar refractivity (Wildman–Crippen MR) is 38.7 cm³/mol. The van der Waals surface area contributed by atoms with Crippen molar-refractivity contribution in [3.8, 4) is 0 Å². The van der Waals surface area contributed by atoms with Crippen LogP contribution in [0.15, 0.2) is 0 Å². The number of hydrogen-bond acceptors (Lipinski definition) is 1. The zero-order valence-electron chi connectivity index (χ0n) is 6.72. The molecule has 2 atom stereocenters. The van der Waals surface area contributed by atoms with Crippen LogP contribution in [-0.2, 0) is 4.79 Å². The molecule has 2 heteroatoms. The smallest absolute Gasteiger partial charge is 0.307 e. The largest absolute Gasteiger partial charge is 0.481 e. The van der Waals surface area contributed by atoms with E-state index in [-0.39, 0.29) is 11.3 Å². The lowest BCUT2D eigenvalue weighted by Gasteiger charge is -2.13. The maximum atomic E-state index is 10.5. The van der Waals surface area contributed by atoms with Gasteiger partial charge in [-0.1, -0.05) is 20.8 Å². The van der Waals surface area contributed by atoms with Crippen molar-refractivity contribution in [1.29, 1.82) is 0 Å². The number of carbonyl (C=O) groups is 1. The van der Waals surface area contributed by atoms with E-state index in [1.807, 2.05) is 0 Å². The van der Waals surface area contributed by atoms with E-state index in [0.717, 1.165) is 6.42 Å². The van der Waals surface area contributed by atoms with E-state index < -0.39 is 5.97 Å². The quantitative estimate of drug-likeness (QED) is 0.637. The van der Waals surface area contributed by atoms with Crippen LogP contribution < -0.4 is 0 Å². The fourth-order valence-electron chi connectivity index (χ4n) is 1.39. The molecule has 1 aliphatic carbocycles. The van der Waals surface area contributed by atoms with Crippen LogP contribution in [0.2, 0.25) is 0 Å². The van der Waals surface area contributed by atoms with Crippen molar-refractivity contribution >= 4 is 5.97 Å². The van der Waals surface area contributed by atoms with Crippen LogP contribution in [0.25, 0.3) is 0 Å². The second-order valence-corrected chi connectivity index (χ2v) is 3.76. The van der Waals surface area contributed by atoms with Gasteiger partial charge in [0.2, 0.25) is 0 Å². The molecular weight excluding hydrogens is 128 g/mol. The Kier molecular flexibility index (Phi) is 1.50. The molecule has 10 heavy (non-hydrogen) atoms. The molecule has 2 nitrogen and oxygen atoms in total. The van der Waals surface area contributed by atoms with Gasteiger partial charge in [-0.3, -0.25) is 4.79 Å². The maximum absolute atomic E-state index is 10.5. The summed E-state index contributed by atoms with van der Waals surface area (Å²) in [4.78, 5) is 10.5. The first-order chi connectivity index (χ1) is 4.48. The van der Waals surface area contributed by atoms with E-state index in [1.54, 1.807) is 0 Å². The Morgan fingerprint density at radius 3 is 2.30 bits per heavy atom. The van der Waals surface area contributed by atoms with E-state index in [4.69, 9.17) is 5.11 Å². The molecular formula is C8H14O2. The molecule has 58 valence electrons. The summed E-state index contributed by atoms with van der Waals surface area (Å²) in [6.07, 6.45) is 0.861. The fraction of sp³-hybridized carbons (Fsp3) is 0.875. The van der Waals surface area contributed by atoms with Crippen molar-refractivity contribution in [2.75, 3.05) is 0 Å². The SMILES string of the molecule is CC(C)[C@@]1(C)C[C@H]1C(=O)O. The second kappa shape index (κ2) is 1.97. The summed E-state index contributed by atoms with van der Waals surface area (Å²) in [5, 5.41) is 8.64. The summed E-state index contributed by atoms with van der Waals surface area (Å²) < 4.78 is 0. The van der Waals surface area contributed by atoms with Gasteiger partial charge in [0.25, 0.3) is 0 Å². The minimum Gasteiger partial charge on any atom is -0.481 e. The highest BCUT2D eigenvalue weighted by molar-refractivity contribution is 5.74. The van der Waals surface area contributed by atoms with Gasteiger partial charge in [-0.05, 0) is 17.8 Å². The number of carboxylic acid groups (broad SMARTS) is 1. The highest BCUT2D eigenvalue weighted by Crippen LogP contribution is 2.57. The third-order valence-electron chi connectivity index (χ3n) is 2.90. The average molecular weight is 142 g/mol. The molecule has 0 aromatic heterocycles. The topological polar surface area (TPSA) is 37.3 Å². The van der Waals surface area contributed by atoms with E-state index in [0.29, 0.717) is 5.92 Å². The average Bonchev–Trinajstić information content (AvgIpc) is 2.43. The third kappa shape index (κ3) is 0.917. The Hall–Kier alpha value is -0.530. The molecule has 1 saturated carbocycles. The molecule has 0 unspecified atom stereocenters. The molecule has 0 amide bonds. The van der Waals surface area contributed by atoms with Crippen molar-refractivity contribution in [2.45, 2.75) is 27.2 Å². The minimum atomic E-state index is -0.629. The summed E-state index contributed by atoms with van der Waals surface area (Å²) in [6, 6.07) is 0.